The molecule has 4 atom stereocenters. The number of carboxylic acids is 1. The van der Waals surface area contributed by atoms with Crippen LogP contribution in [0.3, 0.4) is 0 Å². The number of carbonyl (C=O) groups excluding carboxylic acids is 3. The molecule has 11 N–H and O–H groups in total. The second-order valence-electron chi connectivity index (χ2n) is 5.78. The maximum Gasteiger partial charge on any atom is 0.328 e. The molecule has 156 valence electrons. The van der Waals surface area contributed by atoms with E-state index in [1.807, 2.05) is 10.7 Å². The summed E-state index contributed by atoms with van der Waals surface area (Å²) in [5.41, 5.74) is 14.7. The summed E-state index contributed by atoms with van der Waals surface area (Å²) in [4.78, 5) is 46.6. The Hall–Kier alpha value is -2.48. The van der Waals surface area contributed by atoms with Gasteiger partial charge in [-0.25, -0.2) is 9.59 Å². The molecular weight excluding hydrogens is 364 g/mol. The number of urea groups is 1. The molecule has 13 heteroatoms. The second kappa shape index (κ2) is 12.8. The van der Waals surface area contributed by atoms with Gasteiger partial charge in [0.05, 0.1) is 12.7 Å². The third-order valence-corrected chi connectivity index (χ3v) is 3.45. The Labute approximate surface area is 155 Å². The number of hydrogen-bond donors (Lipinski definition) is 9. The first-order valence-electron chi connectivity index (χ1n) is 8.28. The molecule has 0 saturated carbocycles. The predicted octanol–water partition coefficient (Wildman–Crippen LogP) is -3.92. The van der Waals surface area contributed by atoms with E-state index in [2.05, 4.69) is 10.7 Å². The van der Waals surface area contributed by atoms with E-state index in [9.17, 15) is 24.3 Å². The Balaban J connectivity index is 4.86. The van der Waals surface area contributed by atoms with Crippen molar-refractivity contribution in [2.75, 3.05) is 13.2 Å². The highest BCUT2D eigenvalue weighted by Gasteiger charge is 2.27. The standard InChI is InChI=1S/C14H28N6O7/c1-7(22)10(13(25)26)18-14(27)17-9(4-2-3-5-15)12(24)20-19-11(23)8(16)6-21/h7-10,21-22H,2-6,15-16H2,1H3,(H,19,23)(H,20,24)(H,25,26)(H2,17,18,27)/t7?,8-,9-,10-/m0/s1. The average molecular weight is 392 g/mol. The van der Waals surface area contributed by atoms with E-state index in [-0.39, 0.29) is 6.42 Å². The van der Waals surface area contributed by atoms with Gasteiger partial charge in [0, 0.05) is 0 Å². The number of hydrogen-bond acceptors (Lipinski definition) is 8. The minimum atomic E-state index is -1.57. The molecular formula is C14H28N6O7. The zero-order valence-corrected chi connectivity index (χ0v) is 15.0. The number of hydrazine groups is 1. The molecule has 0 spiro atoms. The van der Waals surface area contributed by atoms with Gasteiger partial charge in [-0.15, -0.1) is 0 Å². The number of aliphatic carboxylic acids is 1. The third-order valence-electron chi connectivity index (χ3n) is 3.45. The molecule has 0 fully saturated rings. The van der Waals surface area contributed by atoms with E-state index in [0.717, 1.165) is 0 Å². The second-order valence-corrected chi connectivity index (χ2v) is 5.78. The maximum atomic E-state index is 12.2. The number of nitrogens with one attached hydrogen (secondary N) is 4. The zero-order chi connectivity index (χ0) is 21.0. The van der Waals surface area contributed by atoms with E-state index < -0.39 is 54.7 Å². The molecule has 1 unspecified atom stereocenters. The normalized spacial score (nSPS) is 15.0. The van der Waals surface area contributed by atoms with Gasteiger partial charge in [-0.3, -0.25) is 20.4 Å². The molecule has 13 nitrogen and oxygen atoms in total. The number of aliphatic hydroxyl groups excluding tert-OH is 2. The topological polar surface area (TPSA) is 229 Å². The molecule has 0 aromatic rings. The smallest absolute Gasteiger partial charge is 0.328 e. The van der Waals surface area contributed by atoms with Gasteiger partial charge in [0.15, 0.2) is 6.04 Å². The van der Waals surface area contributed by atoms with Gasteiger partial charge in [0.25, 0.3) is 11.8 Å². The van der Waals surface area contributed by atoms with Crippen LogP contribution in [0.15, 0.2) is 0 Å². The van der Waals surface area contributed by atoms with Gasteiger partial charge >= 0.3 is 12.0 Å². The van der Waals surface area contributed by atoms with Crippen molar-refractivity contribution in [2.24, 2.45) is 11.5 Å². The molecule has 0 saturated heterocycles. The van der Waals surface area contributed by atoms with Crippen LogP contribution in [0, 0.1) is 0 Å². The average Bonchev–Trinajstić information content (AvgIpc) is 2.61. The molecule has 4 amide bonds. The molecule has 0 rings (SSSR count). The van der Waals surface area contributed by atoms with Gasteiger partial charge in [0.1, 0.15) is 12.1 Å². The van der Waals surface area contributed by atoms with Crippen LogP contribution in [0.5, 0.6) is 0 Å². The Bertz CT molecular complexity index is 516. The van der Waals surface area contributed by atoms with E-state index in [0.29, 0.717) is 19.4 Å². The summed E-state index contributed by atoms with van der Waals surface area (Å²) < 4.78 is 0. The molecule has 27 heavy (non-hydrogen) atoms. The van der Waals surface area contributed by atoms with Crippen molar-refractivity contribution in [1.82, 2.24) is 21.5 Å². The van der Waals surface area contributed by atoms with Crippen molar-refractivity contribution in [3.05, 3.63) is 0 Å². The summed E-state index contributed by atoms with van der Waals surface area (Å²) in [6.45, 7) is 0.925. The fourth-order valence-corrected chi connectivity index (χ4v) is 1.88. The van der Waals surface area contributed by atoms with Gasteiger partial charge in [0.2, 0.25) is 0 Å². The number of nitrogens with two attached hydrogens (primary N) is 2. The number of carboxylic acid groups (broad SMARTS) is 1. The van der Waals surface area contributed by atoms with Crippen LogP contribution in [-0.4, -0.2) is 76.5 Å². The lowest BCUT2D eigenvalue weighted by Gasteiger charge is -2.22. The van der Waals surface area contributed by atoms with Gasteiger partial charge in [-0.1, -0.05) is 0 Å². The van der Waals surface area contributed by atoms with Crippen LogP contribution in [0.2, 0.25) is 0 Å². The summed E-state index contributed by atoms with van der Waals surface area (Å²) in [5.74, 6) is -3.07. The molecule has 0 heterocycles. The monoisotopic (exact) mass is 392 g/mol. The number of amides is 4. The number of rotatable bonds is 11. The quantitative estimate of drug-likeness (QED) is 0.123. The molecule has 0 aromatic heterocycles. The maximum absolute atomic E-state index is 12.2. The third kappa shape index (κ3) is 9.69. The van der Waals surface area contributed by atoms with Crippen LogP contribution >= 0.6 is 0 Å². The number of aliphatic hydroxyl groups is 2. The highest BCUT2D eigenvalue weighted by molar-refractivity contribution is 5.90. The van der Waals surface area contributed by atoms with Crippen molar-refractivity contribution >= 4 is 23.8 Å². The minimum absolute atomic E-state index is 0.158. The summed E-state index contributed by atoms with van der Waals surface area (Å²) in [6, 6.07) is -4.92. The largest absolute Gasteiger partial charge is 0.480 e. The molecule has 0 radical (unpaired) electrons. The van der Waals surface area contributed by atoms with Gasteiger partial charge in [-0.05, 0) is 32.7 Å². The summed E-state index contributed by atoms with van der Waals surface area (Å²) in [5, 5.41) is 31.4. The summed E-state index contributed by atoms with van der Waals surface area (Å²) >= 11 is 0. The van der Waals surface area contributed by atoms with E-state index in [4.69, 9.17) is 21.7 Å². The van der Waals surface area contributed by atoms with Crippen molar-refractivity contribution < 1.29 is 34.5 Å². The Morgan fingerprint density at radius 2 is 1.63 bits per heavy atom. The van der Waals surface area contributed by atoms with Gasteiger partial charge in [-0.2, -0.15) is 0 Å². The molecule has 0 aromatic carbocycles. The Morgan fingerprint density at radius 3 is 2.11 bits per heavy atom. The van der Waals surface area contributed by atoms with Crippen LogP contribution in [0.25, 0.3) is 0 Å². The summed E-state index contributed by atoms with van der Waals surface area (Å²) in [6.07, 6.45) is -0.167. The minimum Gasteiger partial charge on any atom is -0.480 e. The van der Waals surface area contributed by atoms with Crippen molar-refractivity contribution in [3.8, 4) is 0 Å². The van der Waals surface area contributed by atoms with Crippen LogP contribution < -0.4 is 33.0 Å². The summed E-state index contributed by atoms with van der Waals surface area (Å²) in [7, 11) is 0. The van der Waals surface area contributed by atoms with Crippen molar-refractivity contribution in [3.63, 3.8) is 0 Å². The van der Waals surface area contributed by atoms with E-state index in [1.54, 1.807) is 0 Å². The Kier molecular flexibility index (Phi) is 11.6. The molecule has 0 aliphatic heterocycles. The predicted molar refractivity (Wildman–Crippen MR) is 92.8 cm³/mol. The fourth-order valence-electron chi connectivity index (χ4n) is 1.88. The highest BCUT2D eigenvalue weighted by Crippen LogP contribution is 2.01. The number of carbonyl (C=O) groups is 4. The van der Waals surface area contributed by atoms with Gasteiger partial charge < -0.3 is 37.4 Å². The van der Waals surface area contributed by atoms with E-state index in [1.165, 1.54) is 6.92 Å². The van der Waals surface area contributed by atoms with Crippen molar-refractivity contribution in [2.45, 2.75) is 50.4 Å². The van der Waals surface area contributed by atoms with Crippen LogP contribution in [0.4, 0.5) is 4.79 Å². The number of unbranched alkanes of at least 4 members (excludes halogenated alkanes) is 1. The molecule has 0 bridgehead atoms. The first-order chi connectivity index (χ1) is 12.6. The molecule has 0 aliphatic rings. The highest BCUT2D eigenvalue weighted by atomic mass is 16.4. The zero-order valence-electron chi connectivity index (χ0n) is 15.0. The SMILES string of the molecule is CC(O)[C@H](NC(=O)N[C@@H](CCCCN)C(=O)NNC(=O)[C@@H](N)CO)C(=O)O. The first kappa shape index (κ1) is 24.5. The Morgan fingerprint density at radius 1 is 1.04 bits per heavy atom. The first-order valence-corrected chi connectivity index (χ1v) is 8.28. The van der Waals surface area contributed by atoms with Crippen molar-refractivity contribution in [1.29, 1.82) is 0 Å². The van der Waals surface area contributed by atoms with E-state index >= 15 is 0 Å². The lowest BCUT2D eigenvalue weighted by molar-refractivity contribution is -0.141. The molecule has 0 aliphatic carbocycles. The lowest BCUT2D eigenvalue weighted by Crippen LogP contribution is -2.58. The van der Waals surface area contributed by atoms with Crippen LogP contribution in [0.1, 0.15) is 26.2 Å². The van der Waals surface area contributed by atoms with Crippen LogP contribution in [-0.2, 0) is 14.4 Å². The fraction of sp³-hybridized carbons (Fsp3) is 0.714. The lowest BCUT2D eigenvalue weighted by atomic mass is 10.1.